The summed E-state index contributed by atoms with van der Waals surface area (Å²) in [7, 11) is 0. The molecule has 1 amide bonds. The van der Waals surface area contributed by atoms with Gasteiger partial charge in [-0.1, -0.05) is 23.8 Å². The lowest BCUT2D eigenvalue weighted by molar-refractivity contribution is -0.124. The molecule has 0 bridgehead atoms. The monoisotopic (exact) mass is 430 g/mol. The molecule has 0 radical (unpaired) electrons. The van der Waals surface area contributed by atoms with Crippen molar-refractivity contribution in [3.05, 3.63) is 57.6 Å². The van der Waals surface area contributed by atoms with Crippen LogP contribution in [0.15, 0.2) is 46.2 Å². The molecule has 5 nitrogen and oxygen atoms in total. The molecule has 1 aromatic heterocycles. The second-order valence-corrected chi connectivity index (χ2v) is 9.01. The molecule has 1 heterocycles. The number of nitrogens with zero attached hydrogens (tertiary/aromatic N) is 1. The van der Waals surface area contributed by atoms with Crippen LogP contribution in [0.2, 0.25) is 0 Å². The van der Waals surface area contributed by atoms with Crippen molar-refractivity contribution < 1.29 is 14.3 Å². The summed E-state index contributed by atoms with van der Waals surface area (Å²) in [6, 6.07) is 7.30. The van der Waals surface area contributed by atoms with Gasteiger partial charge in [-0.15, -0.1) is 23.1 Å². The first-order chi connectivity index (χ1) is 14.1. The highest BCUT2D eigenvalue weighted by molar-refractivity contribution is 7.98. The molecule has 0 saturated heterocycles. The number of carbonyl (C=O) groups is 2. The summed E-state index contributed by atoms with van der Waals surface area (Å²) >= 11 is 3.16. The SMILES string of the molecule is Cc1nc(CSc2ccccc2C(=O)OCC(=O)NCCC2=CCCCC2)cs1. The lowest BCUT2D eigenvalue weighted by atomic mass is 9.97. The van der Waals surface area contributed by atoms with E-state index in [-0.39, 0.29) is 12.5 Å². The lowest BCUT2D eigenvalue weighted by Gasteiger charge is -2.13. The zero-order valence-corrected chi connectivity index (χ0v) is 18.2. The average molecular weight is 431 g/mol. The van der Waals surface area contributed by atoms with Crippen LogP contribution in [-0.4, -0.2) is 30.0 Å². The van der Waals surface area contributed by atoms with Crippen LogP contribution in [0.1, 0.15) is 53.2 Å². The summed E-state index contributed by atoms with van der Waals surface area (Å²) in [4.78, 5) is 29.7. The van der Waals surface area contributed by atoms with Crippen molar-refractivity contribution in [1.82, 2.24) is 10.3 Å². The van der Waals surface area contributed by atoms with Crippen molar-refractivity contribution in [2.45, 2.75) is 49.7 Å². The van der Waals surface area contributed by atoms with Gasteiger partial charge in [-0.2, -0.15) is 0 Å². The summed E-state index contributed by atoms with van der Waals surface area (Å²) in [5, 5.41) is 5.88. The van der Waals surface area contributed by atoms with E-state index >= 15 is 0 Å². The molecule has 3 rings (SSSR count). The van der Waals surface area contributed by atoms with Gasteiger partial charge in [0, 0.05) is 22.6 Å². The number of benzene rings is 1. The molecular weight excluding hydrogens is 404 g/mol. The molecule has 7 heteroatoms. The standard InChI is InChI=1S/C22H26N2O3S2/c1-16-24-18(14-28-16)15-29-20-10-6-5-9-19(20)22(26)27-13-21(25)23-12-11-17-7-3-2-4-8-17/h5-7,9-10,14H,2-4,8,11-13,15H2,1H3,(H,23,25). The van der Waals surface area contributed by atoms with Gasteiger partial charge in [0.25, 0.3) is 5.91 Å². The van der Waals surface area contributed by atoms with E-state index in [9.17, 15) is 9.59 Å². The predicted octanol–water partition coefficient (Wildman–Crippen LogP) is 4.91. The number of aromatic nitrogens is 1. The molecule has 0 spiro atoms. The highest BCUT2D eigenvalue weighted by Crippen LogP contribution is 2.27. The van der Waals surface area contributed by atoms with Crippen LogP contribution in [-0.2, 0) is 15.3 Å². The lowest BCUT2D eigenvalue weighted by Crippen LogP contribution is -2.30. The first kappa shape index (κ1) is 21.6. The molecule has 1 aromatic carbocycles. The topological polar surface area (TPSA) is 68.3 Å². The number of allylic oxidation sites excluding steroid dienone is 1. The summed E-state index contributed by atoms with van der Waals surface area (Å²) < 4.78 is 5.24. The van der Waals surface area contributed by atoms with Gasteiger partial charge in [-0.05, 0) is 51.2 Å². The third kappa shape index (κ3) is 7.01. The quantitative estimate of drug-likeness (QED) is 0.348. The fourth-order valence-electron chi connectivity index (χ4n) is 3.14. The maximum absolute atomic E-state index is 12.5. The van der Waals surface area contributed by atoms with E-state index in [4.69, 9.17) is 4.74 Å². The summed E-state index contributed by atoms with van der Waals surface area (Å²) in [6.07, 6.45) is 7.90. The zero-order valence-electron chi connectivity index (χ0n) is 16.6. The second-order valence-electron chi connectivity index (χ2n) is 6.93. The minimum absolute atomic E-state index is 0.262. The maximum Gasteiger partial charge on any atom is 0.339 e. The highest BCUT2D eigenvalue weighted by atomic mass is 32.2. The maximum atomic E-state index is 12.5. The Labute approximate surface area is 180 Å². The van der Waals surface area contributed by atoms with Gasteiger partial charge in [0.15, 0.2) is 6.61 Å². The normalized spacial score (nSPS) is 13.6. The number of ether oxygens (including phenoxy) is 1. The number of nitrogens with one attached hydrogen (secondary N) is 1. The summed E-state index contributed by atoms with van der Waals surface area (Å²) in [6.45, 7) is 2.30. The number of hydrogen-bond donors (Lipinski definition) is 1. The van der Waals surface area contributed by atoms with Crippen LogP contribution in [0.3, 0.4) is 0 Å². The Bertz CT molecular complexity index is 876. The third-order valence-electron chi connectivity index (χ3n) is 4.64. The van der Waals surface area contributed by atoms with Gasteiger partial charge in [0.1, 0.15) is 0 Å². The first-order valence-corrected chi connectivity index (χ1v) is 11.7. The van der Waals surface area contributed by atoms with Gasteiger partial charge < -0.3 is 10.1 Å². The number of thiazole rings is 1. The molecule has 0 aliphatic heterocycles. The van der Waals surface area contributed by atoms with Gasteiger partial charge >= 0.3 is 5.97 Å². The van der Waals surface area contributed by atoms with Gasteiger partial charge in [0.05, 0.1) is 16.3 Å². The van der Waals surface area contributed by atoms with E-state index < -0.39 is 5.97 Å². The molecule has 1 aliphatic rings. The Morgan fingerprint density at radius 2 is 2.14 bits per heavy atom. The van der Waals surface area contributed by atoms with E-state index in [1.54, 1.807) is 35.2 Å². The van der Waals surface area contributed by atoms with E-state index in [1.165, 1.54) is 18.4 Å². The van der Waals surface area contributed by atoms with Crippen LogP contribution in [0.25, 0.3) is 0 Å². The molecule has 1 N–H and O–H groups in total. The number of aryl methyl sites for hydroxylation is 1. The van der Waals surface area contributed by atoms with Crippen molar-refractivity contribution in [3.8, 4) is 0 Å². The van der Waals surface area contributed by atoms with E-state index in [1.807, 2.05) is 24.4 Å². The van der Waals surface area contributed by atoms with Crippen LogP contribution in [0.5, 0.6) is 0 Å². The Balaban J connectivity index is 1.44. The van der Waals surface area contributed by atoms with Crippen molar-refractivity contribution >= 4 is 35.0 Å². The minimum atomic E-state index is -0.479. The van der Waals surface area contributed by atoms with Crippen molar-refractivity contribution in [3.63, 3.8) is 0 Å². The molecule has 2 aromatic rings. The molecule has 0 atom stereocenters. The predicted molar refractivity (Wildman–Crippen MR) is 117 cm³/mol. The smallest absolute Gasteiger partial charge is 0.339 e. The number of thioether (sulfide) groups is 1. The van der Waals surface area contributed by atoms with Gasteiger partial charge in [0.2, 0.25) is 0 Å². The first-order valence-electron chi connectivity index (χ1n) is 9.86. The van der Waals surface area contributed by atoms with Crippen molar-refractivity contribution in [2.24, 2.45) is 0 Å². The molecule has 29 heavy (non-hydrogen) atoms. The Morgan fingerprint density at radius 1 is 1.28 bits per heavy atom. The fraction of sp³-hybridized carbons (Fsp3) is 0.409. The molecule has 0 fully saturated rings. The molecule has 0 saturated carbocycles. The van der Waals surface area contributed by atoms with Crippen LogP contribution >= 0.6 is 23.1 Å². The molecule has 1 aliphatic carbocycles. The van der Waals surface area contributed by atoms with Crippen molar-refractivity contribution in [2.75, 3.05) is 13.2 Å². The Morgan fingerprint density at radius 3 is 2.90 bits per heavy atom. The largest absolute Gasteiger partial charge is 0.452 e. The number of amides is 1. The van der Waals surface area contributed by atoms with E-state index in [0.717, 1.165) is 34.9 Å². The van der Waals surface area contributed by atoms with Gasteiger partial charge in [-0.25, -0.2) is 9.78 Å². The third-order valence-corrected chi connectivity index (χ3v) is 6.57. The zero-order chi connectivity index (χ0) is 20.5. The van der Waals surface area contributed by atoms with Crippen LogP contribution < -0.4 is 5.32 Å². The van der Waals surface area contributed by atoms with Gasteiger partial charge in [-0.3, -0.25) is 4.79 Å². The van der Waals surface area contributed by atoms with Crippen molar-refractivity contribution in [1.29, 1.82) is 0 Å². The average Bonchev–Trinajstić information content (AvgIpc) is 3.16. The van der Waals surface area contributed by atoms with E-state index in [2.05, 4.69) is 16.4 Å². The fourth-order valence-corrected chi connectivity index (χ4v) is 4.79. The summed E-state index contributed by atoms with van der Waals surface area (Å²) in [5.41, 5.74) is 2.88. The number of carbonyl (C=O) groups excluding carboxylic acids is 2. The van der Waals surface area contributed by atoms with E-state index in [0.29, 0.717) is 17.9 Å². The van der Waals surface area contributed by atoms with Crippen LogP contribution in [0, 0.1) is 6.92 Å². The van der Waals surface area contributed by atoms with Crippen LogP contribution in [0.4, 0.5) is 0 Å². The number of esters is 1. The Kier molecular flexibility index (Phi) is 8.31. The molecule has 0 unspecified atom stereocenters. The summed E-state index contributed by atoms with van der Waals surface area (Å²) in [5.74, 6) is -0.0594. The molecular formula is C22H26N2O3S2. The number of hydrogen-bond acceptors (Lipinski definition) is 6. The highest BCUT2D eigenvalue weighted by Gasteiger charge is 2.15. The minimum Gasteiger partial charge on any atom is -0.452 e. The number of rotatable bonds is 9. The second kappa shape index (κ2) is 11.2. The molecule has 154 valence electrons. The Hall–Kier alpha value is -2.12.